The van der Waals surface area contributed by atoms with Crippen molar-refractivity contribution >= 4 is 17.5 Å². The molecule has 2 atom stereocenters. The molecule has 8 nitrogen and oxygen atoms in total. The number of halogens is 3. The van der Waals surface area contributed by atoms with Gasteiger partial charge in [-0.3, -0.25) is 9.52 Å². The Hall–Kier alpha value is -3.18. The summed E-state index contributed by atoms with van der Waals surface area (Å²) in [5.41, 5.74) is 0.470. The van der Waals surface area contributed by atoms with Crippen LogP contribution in [0.1, 0.15) is 36.4 Å². The molecule has 0 aliphatic carbocycles. The van der Waals surface area contributed by atoms with E-state index in [4.69, 9.17) is 9.57 Å². The van der Waals surface area contributed by atoms with Gasteiger partial charge in [-0.2, -0.15) is 23.3 Å². The van der Waals surface area contributed by atoms with E-state index < -0.39 is 11.7 Å². The predicted octanol–water partition coefficient (Wildman–Crippen LogP) is 4.50. The molecule has 2 aromatic heterocycles. The summed E-state index contributed by atoms with van der Waals surface area (Å²) in [4.78, 5) is 13.7. The van der Waals surface area contributed by atoms with Crippen molar-refractivity contribution < 1.29 is 22.7 Å². The molecule has 33 heavy (non-hydrogen) atoms. The number of anilines is 3. The fourth-order valence-electron chi connectivity index (χ4n) is 4.11. The third-order valence-electron chi connectivity index (χ3n) is 5.68. The molecule has 4 heterocycles. The van der Waals surface area contributed by atoms with Crippen LogP contribution in [0.2, 0.25) is 0 Å². The summed E-state index contributed by atoms with van der Waals surface area (Å²) in [6, 6.07) is 8.89. The second kappa shape index (κ2) is 8.99. The van der Waals surface area contributed by atoms with Crippen molar-refractivity contribution in [3.8, 4) is 0 Å². The minimum atomic E-state index is -4.63. The molecule has 1 aromatic carbocycles. The Balaban J connectivity index is 1.41. The summed E-state index contributed by atoms with van der Waals surface area (Å²) in [6.45, 7) is 1.66. The minimum absolute atomic E-state index is 0.0250. The van der Waals surface area contributed by atoms with Crippen LogP contribution in [0.5, 0.6) is 0 Å². The van der Waals surface area contributed by atoms with Crippen LogP contribution in [0.3, 0.4) is 0 Å². The molecule has 0 unspecified atom stereocenters. The molecule has 0 saturated carbocycles. The van der Waals surface area contributed by atoms with E-state index in [1.807, 2.05) is 30.3 Å². The van der Waals surface area contributed by atoms with Gasteiger partial charge in [0.15, 0.2) is 5.82 Å². The average Bonchev–Trinajstić information content (AvgIpc) is 3.56. The highest BCUT2D eigenvalue weighted by atomic mass is 19.4. The van der Waals surface area contributed by atoms with E-state index in [0.29, 0.717) is 25.3 Å². The smallest absolute Gasteiger partial charge is 0.376 e. The van der Waals surface area contributed by atoms with Crippen molar-refractivity contribution in [2.75, 3.05) is 23.6 Å². The normalized spacial score (nSPS) is 21.0. The van der Waals surface area contributed by atoms with E-state index in [1.54, 1.807) is 17.1 Å². The first-order chi connectivity index (χ1) is 16.0. The third-order valence-corrected chi connectivity index (χ3v) is 5.68. The van der Waals surface area contributed by atoms with Gasteiger partial charge in [-0.05, 0) is 18.4 Å². The number of aromatic nitrogens is 4. The fraction of sp³-hybridized carbons (Fsp3) is 0.409. The first-order valence-corrected chi connectivity index (χ1v) is 10.8. The molecule has 3 aromatic rings. The molecule has 0 radical (unpaired) electrons. The summed E-state index contributed by atoms with van der Waals surface area (Å²) in [6.07, 6.45) is 2.15. The number of nitrogens with one attached hydrogen (secondary N) is 1. The monoisotopic (exact) mass is 460 g/mol. The summed E-state index contributed by atoms with van der Waals surface area (Å²) in [5.74, 6) is -0.296. The number of hydroxylamine groups is 1. The topological polar surface area (TPSA) is 77.3 Å². The van der Waals surface area contributed by atoms with Gasteiger partial charge in [0.1, 0.15) is 5.56 Å². The van der Waals surface area contributed by atoms with Crippen molar-refractivity contribution in [3.63, 3.8) is 0 Å². The van der Waals surface area contributed by atoms with Crippen molar-refractivity contribution in [3.05, 3.63) is 60.0 Å². The molecule has 2 saturated heterocycles. The molecule has 11 heteroatoms. The lowest BCUT2D eigenvalue weighted by atomic mass is 10.0. The number of hydrogen-bond donors (Lipinski definition) is 1. The lowest BCUT2D eigenvalue weighted by molar-refractivity contribution is -0.138. The van der Waals surface area contributed by atoms with Gasteiger partial charge in [-0.15, -0.1) is 0 Å². The molecule has 2 aliphatic heterocycles. The zero-order valence-corrected chi connectivity index (χ0v) is 17.7. The Morgan fingerprint density at radius 1 is 1.09 bits per heavy atom. The second-order valence-electron chi connectivity index (χ2n) is 8.01. The molecule has 5 rings (SSSR count). The molecule has 0 bridgehead atoms. The Morgan fingerprint density at radius 3 is 2.70 bits per heavy atom. The molecule has 1 N–H and O–H groups in total. The van der Waals surface area contributed by atoms with E-state index in [-0.39, 0.29) is 23.9 Å². The number of benzene rings is 1. The Bertz CT molecular complexity index is 1090. The largest absolute Gasteiger partial charge is 0.421 e. The van der Waals surface area contributed by atoms with E-state index in [1.165, 1.54) is 5.06 Å². The highest BCUT2D eigenvalue weighted by molar-refractivity contribution is 5.56. The fourth-order valence-corrected chi connectivity index (χ4v) is 4.11. The van der Waals surface area contributed by atoms with Crippen LogP contribution >= 0.6 is 0 Å². The maximum Gasteiger partial charge on any atom is 0.421 e. The zero-order chi connectivity index (χ0) is 22.8. The molecule has 0 amide bonds. The number of nitrogens with zero attached hydrogens (tertiary/aromatic N) is 5. The highest BCUT2D eigenvalue weighted by Gasteiger charge is 2.40. The minimum Gasteiger partial charge on any atom is -0.376 e. The first-order valence-electron chi connectivity index (χ1n) is 10.8. The summed E-state index contributed by atoms with van der Waals surface area (Å²) < 4.78 is 48.7. The second-order valence-corrected chi connectivity index (χ2v) is 8.01. The van der Waals surface area contributed by atoms with Gasteiger partial charge < -0.3 is 10.1 Å². The van der Waals surface area contributed by atoms with Crippen LogP contribution in [0, 0.1) is 0 Å². The third kappa shape index (κ3) is 4.79. The van der Waals surface area contributed by atoms with Crippen molar-refractivity contribution in [1.29, 1.82) is 0 Å². The van der Waals surface area contributed by atoms with Crippen LogP contribution in [-0.4, -0.2) is 39.1 Å². The molecule has 174 valence electrons. The maximum atomic E-state index is 13.8. The maximum absolute atomic E-state index is 13.8. The highest BCUT2D eigenvalue weighted by Crippen LogP contribution is 2.41. The molecule has 0 spiro atoms. The molecular formula is C22H23F3N6O2. The first kappa shape index (κ1) is 21.7. The Morgan fingerprint density at radius 2 is 1.94 bits per heavy atom. The van der Waals surface area contributed by atoms with Crippen molar-refractivity contribution in [1.82, 2.24) is 19.7 Å². The number of alkyl halides is 3. The van der Waals surface area contributed by atoms with Gasteiger partial charge in [0.05, 0.1) is 37.2 Å². The van der Waals surface area contributed by atoms with Crippen LogP contribution in [0.25, 0.3) is 0 Å². The van der Waals surface area contributed by atoms with E-state index in [0.717, 1.165) is 31.2 Å². The SMILES string of the molecule is FC(F)(F)c1cnc(Nc2cnn(C[C@H]3CCCO3)c2)nc1N1OCC[C@H]1c1ccccc1. The molecule has 2 aliphatic rings. The number of rotatable bonds is 6. The standard InChI is InChI=1S/C22H23F3N6O2/c23-22(24,25)18-12-26-21(28-16-11-27-30(13-16)14-17-7-4-9-32-17)29-20(18)31-19(8-10-33-31)15-5-2-1-3-6-15/h1-3,5-6,11-13,17,19H,4,7-10,14H2,(H,26,28,29)/t17-,19+/m1/s1. The number of ether oxygens (including phenoxy) is 1. The lowest BCUT2D eigenvalue weighted by Gasteiger charge is -2.26. The van der Waals surface area contributed by atoms with E-state index in [9.17, 15) is 13.2 Å². The number of hydrogen-bond acceptors (Lipinski definition) is 7. The average molecular weight is 460 g/mol. The predicted molar refractivity (Wildman–Crippen MR) is 114 cm³/mol. The van der Waals surface area contributed by atoms with Crippen LogP contribution in [0.4, 0.5) is 30.6 Å². The summed E-state index contributed by atoms with van der Waals surface area (Å²) in [5, 5.41) is 8.48. The zero-order valence-electron chi connectivity index (χ0n) is 17.7. The van der Waals surface area contributed by atoms with Crippen molar-refractivity contribution in [2.45, 2.75) is 44.1 Å². The van der Waals surface area contributed by atoms with Gasteiger partial charge >= 0.3 is 6.18 Å². The van der Waals surface area contributed by atoms with Crippen LogP contribution in [0.15, 0.2) is 48.9 Å². The lowest BCUT2D eigenvalue weighted by Crippen LogP contribution is -2.26. The van der Waals surface area contributed by atoms with E-state index >= 15 is 0 Å². The Kier molecular flexibility index (Phi) is 5.90. The quantitative estimate of drug-likeness (QED) is 0.581. The van der Waals surface area contributed by atoms with Gasteiger partial charge in [0.25, 0.3) is 0 Å². The Labute approximate surface area is 188 Å². The molecule has 2 fully saturated rings. The van der Waals surface area contributed by atoms with E-state index in [2.05, 4.69) is 20.4 Å². The molecular weight excluding hydrogens is 437 g/mol. The van der Waals surface area contributed by atoms with Gasteiger partial charge in [0, 0.05) is 25.4 Å². The van der Waals surface area contributed by atoms with Crippen LogP contribution < -0.4 is 10.4 Å². The van der Waals surface area contributed by atoms with Gasteiger partial charge in [-0.25, -0.2) is 10.0 Å². The van der Waals surface area contributed by atoms with Crippen molar-refractivity contribution in [2.24, 2.45) is 0 Å². The van der Waals surface area contributed by atoms with Gasteiger partial charge in [0.2, 0.25) is 5.95 Å². The summed E-state index contributed by atoms with van der Waals surface area (Å²) >= 11 is 0. The van der Waals surface area contributed by atoms with Crippen LogP contribution in [-0.2, 0) is 22.3 Å². The van der Waals surface area contributed by atoms with Gasteiger partial charge in [-0.1, -0.05) is 30.3 Å². The summed E-state index contributed by atoms with van der Waals surface area (Å²) in [7, 11) is 0.